The maximum Gasteiger partial charge on any atom is 0.300 e. The molecular weight excluding hydrogens is 306 g/mol. The van der Waals surface area contributed by atoms with Crippen LogP contribution in [0.1, 0.15) is 22.5 Å². The van der Waals surface area contributed by atoms with Gasteiger partial charge in [-0.3, -0.25) is 4.79 Å². The second kappa shape index (κ2) is 6.38. The predicted octanol–water partition coefficient (Wildman–Crippen LogP) is 1.17. The molecule has 1 N–H and O–H groups in total. The Labute approximate surface area is 138 Å². The van der Waals surface area contributed by atoms with Gasteiger partial charge in [-0.15, -0.1) is 0 Å². The molecule has 0 fully saturated rings. The van der Waals surface area contributed by atoms with Crippen molar-refractivity contribution in [1.29, 1.82) is 5.26 Å². The first kappa shape index (κ1) is 15.5. The molecule has 0 aliphatic heterocycles. The van der Waals surface area contributed by atoms with Gasteiger partial charge < -0.3 is 10.4 Å². The Kier molecular flexibility index (Phi) is 4.12. The molecule has 0 radical (unpaired) electrons. The number of aromatic nitrogens is 3. The SMILES string of the molecule is Cc1ccnc(NC(=O)c2c([O-])[n+](CCC#N)c3ccccn23)c1. The fraction of sp³-hybridized carbons (Fsp3) is 0.176. The second-order valence-electron chi connectivity index (χ2n) is 5.31. The molecule has 3 aromatic heterocycles. The number of hydrogen-bond acceptors (Lipinski definition) is 4. The molecule has 0 saturated heterocycles. The van der Waals surface area contributed by atoms with Gasteiger partial charge in [0.2, 0.25) is 5.69 Å². The van der Waals surface area contributed by atoms with E-state index in [0.717, 1.165) is 5.56 Å². The molecule has 0 aliphatic rings. The van der Waals surface area contributed by atoms with Crippen LogP contribution in [0.4, 0.5) is 5.82 Å². The van der Waals surface area contributed by atoms with E-state index in [2.05, 4.69) is 10.3 Å². The number of nitriles is 1. The molecule has 0 spiro atoms. The van der Waals surface area contributed by atoms with Gasteiger partial charge in [0, 0.05) is 12.3 Å². The third-order valence-electron chi connectivity index (χ3n) is 3.62. The van der Waals surface area contributed by atoms with Gasteiger partial charge in [0.05, 0.1) is 18.7 Å². The summed E-state index contributed by atoms with van der Waals surface area (Å²) in [5.41, 5.74) is 1.51. The Bertz CT molecular complexity index is 955. The average Bonchev–Trinajstić information content (AvgIpc) is 2.84. The summed E-state index contributed by atoms with van der Waals surface area (Å²) in [4.78, 5) is 16.7. The highest BCUT2D eigenvalue weighted by Crippen LogP contribution is 2.16. The lowest BCUT2D eigenvalue weighted by Gasteiger charge is -2.06. The third kappa shape index (κ3) is 2.77. The highest BCUT2D eigenvalue weighted by Gasteiger charge is 2.25. The number of nitrogens with zero attached hydrogens (tertiary/aromatic N) is 4. The van der Waals surface area contributed by atoms with Gasteiger partial charge in [-0.2, -0.15) is 9.66 Å². The first-order chi connectivity index (χ1) is 11.6. The van der Waals surface area contributed by atoms with Gasteiger partial charge in [0.1, 0.15) is 18.2 Å². The molecule has 0 unspecified atom stereocenters. The number of nitrogens with one attached hydrogen (secondary N) is 1. The van der Waals surface area contributed by atoms with Crippen LogP contribution in [-0.4, -0.2) is 15.3 Å². The van der Waals surface area contributed by atoms with Gasteiger partial charge in [0.25, 0.3) is 11.6 Å². The molecule has 0 aliphatic carbocycles. The van der Waals surface area contributed by atoms with Gasteiger partial charge in [-0.05, 0) is 30.7 Å². The normalized spacial score (nSPS) is 10.5. The average molecular weight is 321 g/mol. The number of imidazole rings is 1. The molecule has 3 rings (SSSR count). The monoisotopic (exact) mass is 321 g/mol. The summed E-state index contributed by atoms with van der Waals surface area (Å²) in [6.07, 6.45) is 3.43. The van der Waals surface area contributed by atoms with E-state index in [0.29, 0.717) is 11.5 Å². The fourth-order valence-corrected chi connectivity index (χ4v) is 2.54. The van der Waals surface area contributed by atoms with Crippen molar-refractivity contribution >= 4 is 17.4 Å². The quantitative estimate of drug-likeness (QED) is 0.729. The zero-order valence-corrected chi connectivity index (χ0v) is 13.1. The van der Waals surface area contributed by atoms with E-state index in [9.17, 15) is 9.90 Å². The van der Waals surface area contributed by atoms with Crippen LogP contribution in [0.5, 0.6) is 5.88 Å². The minimum atomic E-state index is -0.532. The van der Waals surface area contributed by atoms with Crippen molar-refractivity contribution in [3.8, 4) is 11.9 Å². The summed E-state index contributed by atoms with van der Waals surface area (Å²) in [5.74, 6) is -0.578. The number of fused-ring (bicyclic) bond motifs is 1. The maximum atomic E-state index is 12.6. The first-order valence-corrected chi connectivity index (χ1v) is 7.42. The summed E-state index contributed by atoms with van der Waals surface area (Å²) >= 11 is 0. The van der Waals surface area contributed by atoms with Crippen molar-refractivity contribution in [3.63, 3.8) is 0 Å². The van der Waals surface area contributed by atoms with Crippen molar-refractivity contribution in [2.45, 2.75) is 19.9 Å². The van der Waals surface area contributed by atoms with Crippen LogP contribution in [0.2, 0.25) is 0 Å². The van der Waals surface area contributed by atoms with Crippen LogP contribution in [0.15, 0.2) is 42.7 Å². The first-order valence-electron chi connectivity index (χ1n) is 7.42. The van der Waals surface area contributed by atoms with E-state index in [1.54, 1.807) is 36.7 Å². The number of hydrogen-bond donors (Lipinski definition) is 1. The summed E-state index contributed by atoms with van der Waals surface area (Å²) < 4.78 is 2.96. The van der Waals surface area contributed by atoms with Gasteiger partial charge in [-0.25, -0.2) is 9.55 Å². The lowest BCUT2D eigenvalue weighted by molar-refractivity contribution is -0.711. The molecule has 3 heterocycles. The lowest BCUT2D eigenvalue weighted by atomic mass is 10.3. The number of pyridine rings is 2. The Morgan fingerprint density at radius 1 is 1.46 bits per heavy atom. The molecule has 0 bridgehead atoms. The molecule has 7 heteroatoms. The highest BCUT2D eigenvalue weighted by atomic mass is 16.3. The third-order valence-corrected chi connectivity index (χ3v) is 3.62. The predicted molar refractivity (Wildman–Crippen MR) is 84.2 cm³/mol. The number of aryl methyl sites for hydroxylation is 2. The molecule has 1 amide bonds. The maximum absolute atomic E-state index is 12.6. The molecule has 7 nitrogen and oxygen atoms in total. The standard InChI is InChI=1S/C17H15N5O2/c1-12-6-8-19-13(11-12)20-16(23)15-17(24)22(10-4-7-18)14-5-2-3-9-21(14)15/h2-3,5-6,8-9,11H,4,10H2,1H3,(H-,19,20,23,24). The second-order valence-corrected chi connectivity index (χ2v) is 5.31. The van der Waals surface area contributed by atoms with Crippen molar-refractivity contribution in [1.82, 2.24) is 9.38 Å². The van der Waals surface area contributed by atoms with Crippen molar-refractivity contribution in [2.75, 3.05) is 5.32 Å². The number of rotatable bonds is 4. The largest absolute Gasteiger partial charge is 0.839 e. The molecular formula is C17H15N5O2. The Balaban J connectivity index is 2.04. The van der Waals surface area contributed by atoms with E-state index < -0.39 is 11.8 Å². The van der Waals surface area contributed by atoms with Crippen LogP contribution in [0.25, 0.3) is 5.65 Å². The van der Waals surface area contributed by atoms with Gasteiger partial charge >= 0.3 is 0 Å². The number of carbonyl (C=O) groups is 1. The summed E-state index contributed by atoms with van der Waals surface area (Å²) in [7, 11) is 0. The Hall–Kier alpha value is -3.40. The zero-order chi connectivity index (χ0) is 17.1. The smallest absolute Gasteiger partial charge is 0.300 e. The highest BCUT2D eigenvalue weighted by molar-refractivity contribution is 6.04. The van der Waals surface area contributed by atoms with Crippen LogP contribution in [0.3, 0.4) is 0 Å². The molecule has 24 heavy (non-hydrogen) atoms. The molecule has 0 atom stereocenters. The summed E-state index contributed by atoms with van der Waals surface area (Å²) in [6, 6.07) is 10.8. The van der Waals surface area contributed by atoms with E-state index in [-0.39, 0.29) is 18.7 Å². The van der Waals surface area contributed by atoms with E-state index in [4.69, 9.17) is 5.26 Å². The molecule has 120 valence electrons. The van der Waals surface area contributed by atoms with Crippen LogP contribution in [-0.2, 0) is 6.54 Å². The molecule has 3 aromatic rings. The minimum absolute atomic E-state index is 0.00755. The van der Waals surface area contributed by atoms with Crippen LogP contribution < -0.4 is 15.0 Å². The Morgan fingerprint density at radius 3 is 3.04 bits per heavy atom. The zero-order valence-electron chi connectivity index (χ0n) is 13.1. The van der Waals surface area contributed by atoms with Crippen LogP contribution in [0, 0.1) is 18.3 Å². The Morgan fingerprint density at radius 2 is 2.29 bits per heavy atom. The van der Waals surface area contributed by atoms with Gasteiger partial charge in [0.15, 0.2) is 0 Å². The lowest BCUT2D eigenvalue weighted by Crippen LogP contribution is -2.36. The van der Waals surface area contributed by atoms with Crippen molar-refractivity contribution in [2.24, 2.45) is 0 Å². The number of carbonyl (C=O) groups excluding carboxylic acids is 1. The van der Waals surface area contributed by atoms with E-state index >= 15 is 0 Å². The minimum Gasteiger partial charge on any atom is -0.839 e. The number of anilines is 1. The molecule has 0 saturated carbocycles. The van der Waals surface area contributed by atoms with Crippen molar-refractivity contribution < 1.29 is 14.5 Å². The topological polar surface area (TPSA) is 97.1 Å². The number of amides is 1. The molecule has 0 aromatic carbocycles. The fourth-order valence-electron chi connectivity index (χ4n) is 2.54. The van der Waals surface area contributed by atoms with E-state index in [1.807, 2.05) is 19.1 Å². The summed E-state index contributed by atoms with van der Waals surface area (Å²) in [5, 5.41) is 24.1. The van der Waals surface area contributed by atoms with Gasteiger partial charge in [-0.1, -0.05) is 6.07 Å². The van der Waals surface area contributed by atoms with Crippen LogP contribution >= 0.6 is 0 Å². The van der Waals surface area contributed by atoms with Crippen molar-refractivity contribution in [3.05, 3.63) is 54.0 Å². The summed E-state index contributed by atoms with van der Waals surface area (Å²) in [6.45, 7) is 2.12. The van der Waals surface area contributed by atoms with E-state index in [1.165, 1.54) is 8.97 Å².